The standard InChI is InChI=1S/C31H39F7N6O7/c1-28(2,30(33,34)35)22(41-26(48)50-5)24(46)40-14-19(45)16-44(15-18-11-10-17(13-20(18)32)21-9-7-8-12-39-21)43-25(47)23(42-27(49)51-6)29(3,4)31(36,37)38/h7-13,19,22-23,45H,14-16H2,1-6H3,(H,40,46)(H,41,48)(H,42,49)(H,43,47)/t19-,22?,23-/m1/s1. The normalized spacial score (nSPS) is 14.2. The number of hydrazine groups is 1. The zero-order valence-corrected chi connectivity index (χ0v) is 28.3. The first kappa shape index (κ1) is 42.4. The predicted molar refractivity (Wildman–Crippen MR) is 166 cm³/mol. The van der Waals surface area contributed by atoms with Gasteiger partial charge in [0.15, 0.2) is 0 Å². The lowest BCUT2D eigenvalue weighted by molar-refractivity contribution is -0.221. The first-order valence-electron chi connectivity index (χ1n) is 15.0. The maximum atomic E-state index is 15.3. The van der Waals surface area contributed by atoms with Gasteiger partial charge in [0.1, 0.15) is 17.9 Å². The topological polar surface area (TPSA) is 171 Å². The number of aromatic nitrogens is 1. The number of alkyl halides is 6. The summed E-state index contributed by atoms with van der Waals surface area (Å²) in [6.45, 7) is 0.319. The smallest absolute Gasteiger partial charge is 0.407 e. The van der Waals surface area contributed by atoms with E-state index >= 15 is 4.39 Å². The molecule has 1 unspecified atom stereocenters. The van der Waals surface area contributed by atoms with E-state index in [1.165, 1.54) is 18.3 Å². The Kier molecular flexibility index (Phi) is 14.1. The number of halogens is 7. The second-order valence-electron chi connectivity index (χ2n) is 12.4. The highest BCUT2D eigenvalue weighted by molar-refractivity contribution is 5.87. The number of pyridine rings is 1. The maximum absolute atomic E-state index is 15.3. The molecule has 5 N–H and O–H groups in total. The van der Waals surface area contributed by atoms with E-state index in [9.17, 15) is 50.6 Å². The summed E-state index contributed by atoms with van der Waals surface area (Å²) in [6, 6.07) is 4.14. The van der Waals surface area contributed by atoms with Gasteiger partial charge in [-0.05, 0) is 45.9 Å². The quantitative estimate of drug-likeness (QED) is 0.143. The van der Waals surface area contributed by atoms with Gasteiger partial charge in [-0.15, -0.1) is 0 Å². The molecule has 0 saturated heterocycles. The number of carbonyl (C=O) groups excluding carboxylic acids is 4. The van der Waals surface area contributed by atoms with Crippen molar-refractivity contribution >= 4 is 24.0 Å². The number of rotatable bonds is 14. The molecule has 4 amide bonds. The molecular weight excluding hydrogens is 701 g/mol. The summed E-state index contributed by atoms with van der Waals surface area (Å²) in [5, 5.41) is 17.2. The molecule has 1 heterocycles. The number of nitrogens with zero attached hydrogens (tertiary/aromatic N) is 2. The van der Waals surface area contributed by atoms with Gasteiger partial charge >= 0.3 is 24.5 Å². The van der Waals surface area contributed by atoms with Gasteiger partial charge in [-0.2, -0.15) is 26.3 Å². The van der Waals surface area contributed by atoms with Crippen molar-refractivity contribution in [1.82, 2.24) is 31.4 Å². The van der Waals surface area contributed by atoms with Gasteiger partial charge in [0.05, 0.1) is 36.8 Å². The zero-order valence-electron chi connectivity index (χ0n) is 28.3. The van der Waals surface area contributed by atoms with Crippen LogP contribution in [0.25, 0.3) is 11.3 Å². The molecule has 0 bridgehead atoms. The van der Waals surface area contributed by atoms with Crippen LogP contribution in [0.3, 0.4) is 0 Å². The largest absolute Gasteiger partial charge is 0.453 e. The van der Waals surface area contributed by atoms with Crippen molar-refractivity contribution in [3.63, 3.8) is 0 Å². The fraction of sp³-hybridized carbons (Fsp3) is 0.516. The predicted octanol–water partition coefficient (Wildman–Crippen LogP) is 3.82. The Hall–Kier alpha value is -4.72. The molecule has 0 radical (unpaired) electrons. The fourth-order valence-corrected chi connectivity index (χ4v) is 4.41. The minimum Gasteiger partial charge on any atom is -0.453 e. The van der Waals surface area contributed by atoms with Crippen LogP contribution in [0.1, 0.15) is 33.3 Å². The molecule has 0 aliphatic rings. The van der Waals surface area contributed by atoms with Crippen LogP contribution in [0.2, 0.25) is 0 Å². The summed E-state index contributed by atoms with van der Waals surface area (Å²) in [5.74, 6) is -3.73. The molecule has 2 rings (SSSR count). The molecular formula is C31H39F7N6O7. The van der Waals surface area contributed by atoms with E-state index in [1.807, 2.05) is 10.6 Å². The number of nitrogens with one attached hydrogen (secondary N) is 4. The zero-order chi connectivity index (χ0) is 38.9. The highest BCUT2D eigenvalue weighted by Gasteiger charge is 2.57. The Morgan fingerprint density at radius 1 is 0.843 bits per heavy atom. The first-order chi connectivity index (χ1) is 23.5. The number of methoxy groups -OCH3 is 2. The van der Waals surface area contributed by atoms with E-state index in [-0.39, 0.29) is 5.56 Å². The van der Waals surface area contributed by atoms with Gasteiger partial charge in [0.25, 0.3) is 5.91 Å². The van der Waals surface area contributed by atoms with E-state index in [1.54, 1.807) is 23.5 Å². The summed E-state index contributed by atoms with van der Waals surface area (Å²) < 4.78 is 107. The van der Waals surface area contributed by atoms with E-state index in [4.69, 9.17) is 0 Å². The van der Waals surface area contributed by atoms with Gasteiger partial charge in [0.2, 0.25) is 5.91 Å². The van der Waals surface area contributed by atoms with Gasteiger partial charge < -0.3 is 30.5 Å². The third-order valence-corrected chi connectivity index (χ3v) is 7.91. The molecule has 51 heavy (non-hydrogen) atoms. The van der Waals surface area contributed by atoms with Crippen LogP contribution in [0.4, 0.5) is 40.3 Å². The van der Waals surface area contributed by atoms with Crippen LogP contribution in [0, 0.1) is 16.6 Å². The number of aliphatic hydroxyl groups is 1. The summed E-state index contributed by atoms with van der Waals surface area (Å²) >= 11 is 0. The van der Waals surface area contributed by atoms with Crippen molar-refractivity contribution in [3.05, 3.63) is 54.0 Å². The number of hydrogen-bond acceptors (Lipinski definition) is 9. The van der Waals surface area contributed by atoms with Crippen LogP contribution in [0.5, 0.6) is 0 Å². The summed E-state index contributed by atoms with van der Waals surface area (Å²) in [4.78, 5) is 54.0. The lowest BCUT2D eigenvalue weighted by atomic mass is 9.83. The molecule has 1 aromatic heterocycles. The number of amides is 4. The summed E-state index contributed by atoms with van der Waals surface area (Å²) in [7, 11) is 1.70. The third-order valence-electron chi connectivity index (χ3n) is 7.91. The van der Waals surface area contributed by atoms with Crippen LogP contribution in [-0.4, -0.2) is 96.9 Å². The summed E-state index contributed by atoms with van der Waals surface area (Å²) in [5.41, 5.74) is -3.03. The van der Waals surface area contributed by atoms with Crippen molar-refractivity contribution < 1.29 is 64.5 Å². The average molecular weight is 741 g/mol. The number of carbonyl (C=O) groups is 4. The van der Waals surface area contributed by atoms with Crippen molar-refractivity contribution in [2.45, 2.75) is 64.8 Å². The van der Waals surface area contributed by atoms with Crippen molar-refractivity contribution in [2.24, 2.45) is 10.8 Å². The highest BCUT2D eigenvalue weighted by Crippen LogP contribution is 2.41. The van der Waals surface area contributed by atoms with E-state index in [0.29, 0.717) is 39.0 Å². The monoisotopic (exact) mass is 740 g/mol. The number of aliphatic hydroxyl groups excluding tert-OH is 1. The lowest BCUT2D eigenvalue weighted by Crippen LogP contribution is -2.62. The number of alkyl carbamates (subject to hydrolysis) is 2. The van der Waals surface area contributed by atoms with Gasteiger partial charge in [-0.3, -0.25) is 20.0 Å². The molecule has 0 spiro atoms. The fourth-order valence-electron chi connectivity index (χ4n) is 4.41. The molecule has 0 fully saturated rings. The van der Waals surface area contributed by atoms with Crippen LogP contribution in [-0.2, 0) is 25.6 Å². The molecule has 20 heteroatoms. The number of hydrogen-bond donors (Lipinski definition) is 5. The lowest BCUT2D eigenvalue weighted by Gasteiger charge is -2.37. The second kappa shape index (κ2) is 17.0. The van der Waals surface area contributed by atoms with Gasteiger partial charge in [-0.25, -0.2) is 19.0 Å². The van der Waals surface area contributed by atoms with Crippen molar-refractivity contribution in [3.8, 4) is 11.3 Å². The second-order valence-corrected chi connectivity index (χ2v) is 12.4. The molecule has 13 nitrogen and oxygen atoms in total. The molecule has 0 aliphatic carbocycles. The van der Waals surface area contributed by atoms with Crippen LogP contribution in [0.15, 0.2) is 42.6 Å². The van der Waals surface area contributed by atoms with Gasteiger partial charge in [-0.1, -0.05) is 18.2 Å². The Bertz CT molecular complexity index is 1520. The Balaban J connectivity index is 2.42. The third kappa shape index (κ3) is 11.1. The molecule has 1 aromatic carbocycles. The number of benzene rings is 1. The Morgan fingerprint density at radius 2 is 1.37 bits per heavy atom. The van der Waals surface area contributed by atoms with Crippen LogP contribution >= 0.6 is 0 Å². The molecule has 0 saturated carbocycles. The molecule has 284 valence electrons. The maximum Gasteiger partial charge on any atom is 0.407 e. The average Bonchev–Trinajstić information content (AvgIpc) is 3.04. The Labute approximate surface area is 288 Å². The molecule has 0 aliphatic heterocycles. The minimum absolute atomic E-state index is 0.145. The van der Waals surface area contributed by atoms with Crippen molar-refractivity contribution in [2.75, 3.05) is 27.3 Å². The molecule has 2 aromatic rings. The van der Waals surface area contributed by atoms with E-state index in [0.717, 1.165) is 25.3 Å². The Morgan fingerprint density at radius 3 is 1.82 bits per heavy atom. The first-order valence-corrected chi connectivity index (χ1v) is 15.0. The van der Waals surface area contributed by atoms with E-state index in [2.05, 4.69) is 19.9 Å². The van der Waals surface area contributed by atoms with Crippen molar-refractivity contribution in [1.29, 1.82) is 0 Å². The highest BCUT2D eigenvalue weighted by atomic mass is 19.4. The van der Waals surface area contributed by atoms with Crippen LogP contribution < -0.4 is 21.4 Å². The summed E-state index contributed by atoms with van der Waals surface area (Å²) in [6.07, 6.45) is -13.1. The SMILES string of the molecule is COC(=O)NC(C(=O)NC[C@@H](O)CN(Cc1ccc(-c2ccccn2)cc1F)NC(=O)[C@@H](NC(=O)OC)C(C)(C)C(F)(F)F)C(C)(C)C(F)(F)F. The van der Waals surface area contributed by atoms with E-state index < -0.39 is 90.8 Å². The number of ether oxygens (including phenoxy) is 2. The minimum atomic E-state index is -5.06. The van der Waals surface area contributed by atoms with Gasteiger partial charge in [0, 0.05) is 37.0 Å². The molecule has 3 atom stereocenters.